The first-order valence-electron chi connectivity index (χ1n) is 10.2. The van der Waals surface area contributed by atoms with Crippen molar-refractivity contribution in [3.8, 4) is 0 Å². The minimum atomic E-state index is -2.12. The second-order valence-electron chi connectivity index (χ2n) is 7.51. The molecule has 0 saturated heterocycles. The fourth-order valence-electron chi connectivity index (χ4n) is 3.04. The molecule has 26 heavy (non-hydrogen) atoms. The molecule has 0 spiro atoms. The van der Waals surface area contributed by atoms with Crippen LogP contribution < -0.4 is 0 Å². The van der Waals surface area contributed by atoms with Gasteiger partial charge in [-0.15, -0.1) is 0 Å². The Bertz CT molecular complexity index is 412. The highest BCUT2D eigenvalue weighted by Gasteiger charge is 2.49. The first-order valence-corrected chi connectivity index (χ1v) is 12.7. The van der Waals surface area contributed by atoms with Crippen molar-refractivity contribution in [2.24, 2.45) is 5.92 Å². The van der Waals surface area contributed by atoms with Gasteiger partial charge in [-0.2, -0.15) is 0 Å². The molecule has 0 aliphatic heterocycles. The molecule has 5 nitrogen and oxygen atoms in total. The van der Waals surface area contributed by atoms with Crippen LogP contribution in [0, 0.1) is 5.92 Å². The summed E-state index contributed by atoms with van der Waals surface area (Å²) in [5, 5.41) is 0. The van der Waals surface area contributed by atoms with Crippen molar-refractivity contribution in [1.29, 1.82) is 0 Å². The molecule has 0 aliphatic carbocycles. The molecule has 6 heteroatoms. The zero-order valence-corrected chi connectivity index (χ0v) is 19.0. The van der Waals surface area contributed by atoms with Gasteiger partial charge in [0.25, 0.3) is 0 Å². The van der Waals surface area contributed by atoms with E-state index in [-0.39, 0.29) is 6.42 Å². The summed E-state index contributed by atoms with van der Waals surface area (Å²) >= 11 is 0. The average molecular weight is 389 g/mol. The third-order valence-corrected chi connectivity index (χ3v) is 9.92. The number of ether oxygens (including phenoxy) is 2. The SMILES string of the molecule is CCCCOC(=O)C(CCC(C)C)(CC(=O)OC)O[Si](CC)(CC)CC. The molecule has 0 aromatic heterocycles. The monoisotopic (exact) mass is 388 g/mol. The first-order chi connectivity index (χ1) is 12.2. The summed E-state index contributed by atoms with van der Waals surface area (Å²) < 4.78 is 17.1. The van der Waals surface area contributed by atoms with Crippen molar-refractivity contribution in [1.82, 2.24) is 0 Å². The predicted octanol–water partition coefficient (Wildman–Crippen LogP) is 5.09. The summed E-state index contributed by atoms with van der Waals surface area (Å²) in [6.45, 7) is 13.0. The zero-order chi connectivity index (χ0) is 20.2. The first kappa shape index (κ1) is 25.1. The van der Waals surface area contributed by atoms with Crippen molar-refractivity contribution in [3.05, 3.63) is 0 Å². The van der Waals surface area contributed by atoms with Crippen LogP contribution in [0.25, 0.3) is 0 Å². The Morgan fingerprint density at radius 2 is 1.62 bits per heavy atom. The van der Waals surface area contributed by atoms with Gasteiger partial charge in [0.2, 0.25) is 0 Å². The molecule has 0 N–H and O–H groups in total. The maximum absolute atomic E-state index is 13.1. The van der Waals surface area contributed by atoms with Gasteiger partial charge < -0.3 is 13.9 Å². The molecule has 0 rings (SSSR count). The molecule has 1 unspecified atom stereocenters. The lowest BCUT2D eigenvalue weighted by Gasteiger charge is -2.40. The van der Waals surface area contributed by atoms with E-state index in [1.54, 1.807) is 0 Å². The smallest absolute Gasteiger partial charge is 0.337 e. The van der Waals surface area contributed by atoms with Crippen LogP contribution in [0.4, 0.5) is 0 Å². The molecule has 0 aliphatic rings. The van der Waals surface area contributed by atoms with E-state index >= 15 is 0 Å². The van der Waals surface area contributed by atoms with Crippen molar-refractivity contribution in [2.75, 3.05) is 13.7 Å². The van der Waals surface area contributed by atoms with Gasteiger partial charge in [0.15, 0.2) is 13.9 Å². The van der Waals surface area contributed by atoms with Gasteiger partial charge in [-0.05, 0) is 43.3 Å². The summed E-state index contributed by atoms with van der Waals surface area (Å²) in [6.07, 6.45) is 2.96. The van der Waals surface area contributed by atoms with Crippen molar-refractivity contribution in [2.45, 2.75) is 97.4 Å². The lowest BCUT2D eigenvalue weighted by molar-refractivity contribution is -0.171. The number of carbonyl (C=O) groups is 2. The standard InChI is InChI=1S/C20H40O5Si/c1-8-12-15-24-19(22)20(14-13-17(5)6,16-18(21)23-7)25-26(9-2,10-3)11-4/h17H,8-16H2,1-7H3. The molecule has 0 bridgehead atoms. The zero-order valence-electron chi connectivity index (χ0n) is 18.0. The molecule has 0 heterocycles. The fraction of sp³-hybridized carbons (Fsp3) is 0.900. The number of unbranched alkanes of at least 4 members (excludes halogenated alkanes) is 1. The summed E-state index contributed by atoms with van der Waals surface area (Å²) in [5.74, 6) is -0.420. The molecule has 0 aromatic carbocycles. The quantitative estimate of drug-likeness (QED) is 0.236. The van der Waals surface area contributed by atoms with Gasteiger partial charge in [0.05, 0.1) is 20.1 Å². The van der Waals surface area contributed by atoms with E-state index in [1.165, 1.54) is 7.11 Å². The Kier molecular flexibility index (Phi) is 12.1. The molecule has 0 radical (unpaired) electrons. The van der Waals surface area contributed by atoms with Crippen LogP contribution in [0.1, 0.15) is 73.6 Å². The lowest BCUT2D eigenvalue weighted by Crippen LogP contribution is -2.54. The topological polar surface area (TPSA) is 61.8 Å². The van der Waals surface area contributed by atoms with Crippen LogP contribution in [-0.2, 0) is 23.5 Å². The summed E-state index contributed by atoms with van der Waals surface area (Å²) in [7, 11) is -0.774. The Labute approximate surface area is 161 Å². The second-order valence-corrected chi connectivity index (χ2v) is 12.2. The molecule has 0 aromatic rings. The van der Waals surface area contributed by atoms with Crippen LogP contribution >= 0.6 is 0 Å². The maximum Gasteiger partial charge on any atom is 0.337 e. The Hall–Kier alpha value is -0.883. The van der Waals surface area contributed by atoms with Crippen LogP contribution in [0.2, 0.25) is 18.1 Å². The van der Waals surface area contributed by atoms with Crippen LogP contribution in [0.5, 0.6) is 0 Å². The number of rotatable bonds is 14. The molecule has 0 amide bonds. The third-order valence-electron chi connectivity index (χ3n) is 5.23. The molecule has 0 fully saturated rings. The normalized spacial score (nSPS) is 14.2. The molecule has 0 saturated carbocycles. The molecule has 154 valence electrons. The number of hydrogen-bond donors (Lipinski definition) is 0. The number of hydrogen-bond acceptors (Lipinski definition) is 5. The highest BCUT2D eigenvalue weighted by molar-refractivity contribution is 6.73. The number of carbonyl (C=O) groups excluding carboxylic acids is 2. The molecular formula is C20H40O5Si. The second kappa shape index (κ2) is 12.5. The maximum atomic E-state index is 13.1. The highest BCUT2D eigenvalue weighted by Crippen LogP contribution is 2.35. The van der Waals surface area contributed by atoms with Gasteiger partial charge in [-0.1, -0.05) is 48.0 Å². The van der Waals surface area contributed by atoms with E-state index in [4.69, 9.17) is 13.9 Å². The minimum absolute atomic E-state index is 0.0735. The Morgan fingerprint density at radius 1 is 1.04 bits per heavy atom. The molecule has 1 atom stereocenters. The van der Waals surface area contributed by atoms with Crippen LogP contribution in [-0.4, -0.2) is 39.6 Å². The van der Waals surface area contributed by atoms with Crippen molar-refractivity contribution in [3.63, 3.8) is 0 Å². The minimum Gasteiger partial charge on any atom is -0.469 e. The van der Waals surface area contributed by atoms with Crippen molar-refractivity contribution >= 4 is 20.3 Å². The number of esters is 2. The van der Waals surface area contributed by atoms with Gasteiger partial charge >= 0.3 is 11.9 Å². The van der Waals surface area contributed by atoms with E-state index in [2.05, 4.69) is 34.6 Å². The summed E-state index contributed by atoms with van der Waals surface area (Å²) in [6, 6.07) is 2.73. The largest absolute Gasteiger partial charge is 0.469 e. The van der Waals surface area contributed by atoms with Crippen molar-refractivity contribution < 1.29 is 23.5 Å². The van der Waals surface area contributed by atoms with Gasteiger partial charge in [0, 0.05) is 0 Å². The van der Waals surface area contributed by atoms with E-state index < -0.39 is 25.9 Å². The van der Waals surface area contributed by atoms with Crippen LogP contribution in [0.3, 0.4) is 0 Å². The average Bonchev–Trinajstić information content (AvgIpc) is 2.64. The molecular weight excluding hydrogens is 348 g/mol. The van der Waals surface area contributed by atoms with E-state index in [1.807, 2.05) is 6.92 Å². The number of methoxy groups -OCH3 is 1. The Morgan fingerprint density at radius 3 is 2.04 bits per heavy atom. The fourth-order valence-corrected chi connectivity index (χ4v) is 6.06. The van der Waals surface area contributed by atoms with E-state index in [0.717, 1.165) is 37.4 Å². The summed E-state index contributed by atoms with van der Waals surface area (Å²) in [5.41, 5.74) is -1.22. The van der Waals surface area contributed by atoms with E-state index in [9.17, 15) is 9.59 Å². The highest BCUT2D eigenvalue weighted by atomic mass is 28.4. The van der Waals surface area contributed by atoms with E-state index in [0.29, 0.717) is 18.9 Å². The lowest BCUT2D eigenvalue weighted by atomic mass is 9.90. The third kappa shape index (κ3) is 7.78. The van der Waals surface area contributed by atoms with Gasteiger partial charge in [-0.3, -0.25) is 4.79 Å². The predicted molar refractivity (Wildman–Crippen MR) is 108 cm³/mol. The van der Waals surface area contributed by atoms with Crippen LogP contribution in [0.15, 0.2) is 0 Å². The Balaban J connectivity index is 5.82. The summed E-state index contributed by atoms with van der Waals surface area (Å²) in [4.78, 5) is 25.3. The van der Waals surface area contributed by atoms with Gasteiger partial charge in [0.1, 0.15) is 0 Å². The van der Waals surface area contributed by atoms with Gasteiger partial charge in [-0.25, -0.2) is 4.79 Å².